The van der Waals surface area contributed by atoms with Crippen LogP contribution in [0.5, 0.6) is 0 Å². The highest BCUT2D eigenvalue weighted by molar-refractivity contribution is 5.78. The minimum Gasteiger partial charge on any atom is -0.399 e. The molecule has 1 heterocycles. The second-order valence-corrected chi connectivity index (χ2v) is 7.27. The zero-order valence-corrected chi connectivity index (χ0v) is 13.3. The van der Waals surface area contributed by atoms with Crippen LogP contribution in [0.2, 0.25) is 0 Å². The first-order valence-electron chi connectivity index (χ1n) is 7.87. The molecule has 0 aliphatic heterocycles. The van der Waals surface area contributed by atoms with Crippen molar-refractivity contribution in [1.82, 2.24) is 14.9 Å². The summed E-state index contributed by atoms with van der Waals surface area (Å²) >= 11 is 0. The highest BCUT2D eigenvalue weighted by Crippen LogP contribution is 2.36. The second-order valence-electron chi connectivity index (χ2n) is 7.27. The van der Waals surface area contributed by atoms with Gasteiger partial charge in [0.1, 0.15) is 5.82 Å². The average molecular weight is 286 g/mol. The number of imidazole rings is 1. The van der Waals surface area contributed by atoms with Crippen molar-refractivity contribution in [2.45, 2.75) is 52.1 Å². The first kappa shape index (κ1) is 14.4. The standard InChI is InChI=1S/C17H26N4/c1-17(2)8-6-13(7-9-17)21(3)11-16-19-14-5-4-12(18)10-15(14)20-16/h4-5,10,13H,6-9,11,18H2,1-3H3,(H,19,20). The summed E-state index contributed by atoms with van der Waals surface area (Å²) in [5.41, 5.74) is 9.15. The monoisotopic (exact) mass is 286 g/mol. The number of fused-ring (bicyclic) bond motifs is 1. The van der Waals surface area contributed by atoms with Gasteiger partial charge in [-0.25, -0.2) is 4.98 Å². The number of hydrogen-bond donors (Lipinski definition) is 2. The van der Waals surface area contributed by atoms with E-state index in [1.807, 2.05) is 18.2 Å². The Hall–Kier alpha value is -1.55. The van der Waals surface area contributed by atoms with Crippen molar-refractivity contribution in [1.29, 1.82) is 0 Å². The van der Waals surface area contributed by atoms with Crippen molar-refractivity contribution in [2.24, 2.45) is 5.41 Å². The minimum atomic E-state index is 0.522. The summed E-state index contributed by atoms with van der Waals surface area (Å²) in [6, 6.07) is 6.51. The highest BCUT2D eigenvalue weighted by atomic mass is 15.2. The smallest absolute Gasteiger partial charge is 0.121 e. The number of aromatic amines is 1. The Morgan fingerprint density at radius 1 is 1.33 bits per heavy atom. The number of anilines is 1. The molecule has 1 fully saturated rings. The van der Waals surface area contributed by atoms with Gasteiger partial charge in [-0.05, 0) is 56.3 Å². The third-order valence-electron chi connectivity index (χ3n) is 4.89. The Morgan fingerprint density at radius 2 is 2.05 bits per heavy atom. The van der Waals surface area contributed by atoms with Crippen LogP contribution < -0.4 is 5.73 Å². The van der Waals surface area contributed by atoms with E-state index in [2.05, 4.69) is 35.8 Å². The lowest BCUT2D eigenvalue weighted by atomic mass is 9.75. The third-order valence-corrected chi connectivity index (χ3v) is 4.89. The number of nitrogens with one attached hydrogen (secondary N) is 1. The van der Waals surface area contributed by atoms with Crippen LogP contribution in [0.4, 0.5) is 5.69 Å². The summed E-state index contributed by atoms with van der Waals surface area (Å²) < 4.78 is 0. The van der Waals surface area contributed by atoms with Gasteiger partial charge in [0, 0.05) is 11.7 Å². The van der Waals surface area contributed by atoms with Gasteiger partial charge >= 0.3 is 0 Å². The van der Waals surface area contributed by atoms with E-state index < -0.39 is 0 Å². The molecular weight excluding hydrogens is 260 g/mol. The van der Waals surface area contributed by atoms with E-state index in [4.69, 9.17) is 5.73 Å². The van der Waals surface area contributed by atoms with Crippen molar-refractivity contribution in [3.63, 3.8) is 0 Å². The van der Waals surface area contributed by atoms with Crippen LogP contribution in [0.15, 0.2) is 18.2 Å². The lowest BCUT2D eigenvalue weighted by Crippen LogP contribution is -2.36. The maximum absolute atomic E-state index is 5.82. The summed E-state index contributed by atoms with van der Waals surface area (Å²) in [5, 5.41) is 0. The summed E-state index contributed by atoms with van der Waals surface area (Å²) in [7, 11) is 2.21. The topological polar surface area (TPSA) is 57.9 Å². The van der Waals surface area contributed by atoms with Crippen LogP contribution >= 0.6 is 0 Å². The highest BCUT2D eigenvalue weighted by Gasteiger charge is 2.28. The molecule has 0 atom stereocenters. The van der Waals surface area contributed by atoms with E-state index in [-0.39, 0.29) is 0 Å². The van der Waals surface area contributed by atoms with Crippen LogP contribution in [-0.2, 0) is 6.54 Å². The molecule has 114 valence electrons. The van der Waals surface area contributed by atoms with Crippen molar-refractivity contribution in [3.05, 3.63) is 24.0 Å². The first-order chi connectivity index (χ1) is 9.93. The molecule has 1 aliphatic rings. The van der Waals surface area contributed by atoms with Gasteiger partial charge in [0.15, 0.2) is 0 Å². The Labute approximate surface area is 126 Å². The van der Waals surface area contributed by atoms with E-state index in [0.29, 0.717) is 11.5 Å². The maximum Gasteiger partial charge on any atom is 0.121 e. The van der Waals surface area contributed by atoms with Gasteiger partial charge in [0.05, 0.1) is 17.6 Å². The Balaban J connectivity index is 1.67. The molecule has 1 aromatic carbocycles. The Kier molecular flexibility index (Phi) is 3.66. The Morgan fingerprint density at radius 3 is 2.76 bits per heavy atom. The fourth-order valence-corrected chi connectivity index (χ4v) is 3.35. The molecule has 4 nitrogen and oxygen atoms in total. The number of benzene rings is 1. The largest absolute Gasteiger partial charge is 0.399 e. The molecule has 0 bridgehead atoms. The molecule has 0 spiro atoms. The van der Waals surface area contributed by atoms with Crippen LogP contribution in [-0.4, -0.2) is 28.0 Å². The second kappa shape index (κ2) is 5.34. The van der Waals surface area contributed by atoms with E-state index in [9.17, 15) is 0 Å². The van der Waals surface area contributed by atoms with Crippen molar-refractivity contribution < 1.29 is 0 Å². The number of aromatic nitrogens is 2. The molecule has 21 heavy (non-hydrogen) atoms. The normalized spacial score (nSPS) is 19.4. The summed E-state index contributed by atoms with van der Waals surface area (Å²) in [4.78, 5) is 10.5. The number of hydrogen-bond acceptors (Lipinski definition) is 3. The van der Waals surface area contributed by atoms with Gasteiger partial charge in [-0.1, -0.05) is 13.8 Å². The van der Waals surface area contributed by atoms with E-state index >= 15 is 0 Å². The predicted octanol–water partition coefficient (Wildman–Crippen LogP) is 3.55. The van der Waals surface area contributed by atoms with E-state index in [0.717, 1.165) is 29.1 Å². The van der Waals surface area contributed by atoms with Crippen molar-refractivity contribution in [3.8, 4) is 0 Å². The summed E-state index contributed by atoms with van der Waals surface area (Å²) in [6.45, 7) is 5.64. The fourth-order valence-electron chi connectivity index (χ4n) is 3.35. The molecule has 2 aromatic rings. The van der Waals surface area contributed by atoms with Gasteiger partial charge < -0.3 is 10.7 Å². The van der Waals surface area contributed by atoms with Gasteiger partial charge in [0.25, 0.3) is 0 Å². The molecule has 1 saturated carbocycles. The zero-order chi connectivity index (χ0) is 15.0. The lowest BCUT2D eigenvalue weighted by Gasteiger charge is -2.38. The Bertz CT molecular complexity index is 619. The average Bonchev–Trinajstić information content (AvgIpc) is 2.79. The quantitative estimate of drug-likeness (QED) is 0.848. The SMILES string of the molecule is CN(Cc1nc2ccc(N)cc2[nH]1)C1CCC(C)(C)CC1. The number of nitrogens with two attached hydrogens (primary N) is 1. The summed E-state index contributed by atoms with van der Waals surface area (Å²) in [6.07, 6.45) is 5.21. The van der Waals surface area contributed by atoms with Crippen LogP contribution in [0.3, 0.4) is 0 Å². The molecule has 3 rings (SSSR count). The van der Waals surface area contributed by atoms with E-state index in [1.165, 1.54) is 25.7 Å². The molecular formula is C17H26N4. The molecule has 0 unspecified atom stereocenters. The van der Waals surface area contributed by atoms with Gasteiger partial charge in [-0.2, -0.15) is 0 Å². The van der Waals surface area contributed by atoms with Crippen LogP contribution in [0, 0.1) is 5.41 Å². The number of rotatable bonds is 3. The molecule has 1 aromatic heterocycles. The predicted molar refractivity (Wildman–Crippen MR) is 88.0 cm³/mol. The third kappa shape index (κ3) is 3.21. The number of H-pyrrole nitrogens is 1. The number of nitrogen functional groups attached to an aromatic ring is 1. The molecule has 0 saturated heterocycles. The van der Waals surface area contributed by atoms with Crippen LogP contribution in [0.1, 0.15) is 45.4 Å². The first-order valence-corrected chi connectivity index (χ1v) is 7.87. The molecule has 1 aliphatic carbocycles. The van der Waals surface area contributed by atoms with E-state index in [1.54, 1.807) is 0 Å². The van der Waals surface area contributed by atoms with Crippen molar-refractivity contribution in [2.75, 3.05) is 12.8 Å². The molecule has 4 heteroatoms. The van der Waals surface area contributed by atoms with Crippen molar-refractivity contribution >= 4 is 16.7 Å². The summed E-state index contributed by atoms with van der Waals surface area (Å²) in [5.74, 6) is 1.03. The minimum absolute atomic E-state index is 0.522. The fraction of sp³-hybridized carbons (Fsp3) is 0.588. The molecule has 3 N–H and O–H groups in total. The number of nitrogens with zero attached hydrogens (tertiary/aromatic N) is 2. The van der Waals surface area contributed by atoms with Gasteiger partial charge in [-0.15, -0.1) is 0 Å². The molecule has 0 radical (unpaired) electrons. The van der Waals surface area contributed by atoms with Gasteiger partial charge in [-0.3, -0.25) is 4.90 Å². The maximum atomic E-state index is 5.82. The molecule has 0 amide bonds. The van der Waals surface area contributed by atoms with Gasteiger partial charge in [0.2, 0.25) is 0 Å². The zero-order valence-electron chi connectivity index (χ0n) is 13.3. The van der Waals surface area contributed by atoms with Crippen LogP contribution in [0.25, 0.3) is 11.0 Å². The lowest BCUT2D eigenvalue weighted by molar-refractivity contribution is 0.121.